The van der Waals surface area contributed by atoms with Crippen LogP contribution in [0.3, 0.4) is 0 Å². The molecule has 54 heavy (non-hydrogen) atoms. The van der Waals surface area contributed by atoms with E-state index in [9.17, 15) is 40.5 Å². The number of hydrogen-bond donors (Lipinski definition) is 8. The van der Waals surface area contributed by atoms with E-state index in [2.05, 4.69) is 15.0 Å². The minimum Gasteiger partial charge on any atom is -0.507 e. The number of aliphatic hydroxyl groups is 5. The molecule has 7 atom stereocenters. The van der Waals surface area contributed by atoms with Crippen LogP contribution in [0.2, 0.25) is 0 Å². The standard InChI is InChI=1S/C37H40N4O13/c38-28-11-10-22(41-28)24(43)16-50-20-8-6-18(7-9-20)25-12-23(42)29-26(52-25)13-27(32(30(29)44)51-21-4-2-1-3-5-21)53-36-31(45)33(46)37(49,34(54-36)35(47)48)14-19-15-39-17-40-19/h6-13,17,21,24-25,31,33-34,36,38,42-46,49H,1-5,14-16H2,(H,47,48). The number of aliphatic hydroxyl groups excluding tert-OH is 4. The summed E-state index contributed by atoms with van der Waals surface area (Å²) in [4.78, 5) is 24.2. The maximum Gasteiger partial charge on any atom is 0.336 e. The Morgan fingerprint density at radius 3 is 2.50 bits per heavy atom. The first kappa shape index (κ1) is 37.0. The molecule has 2 aromatic rings. The summed E-state index contributed by atoms with van der Waals surface area (Å²) < 4.78 is 29.7. The molecule has 0 amide bonds. The highest BCUT2D eigenvalue weighted by atomic mass is 16.7. The molecule has 2 fully saturated rings. The van der Waals surface area contributed by atoms with Gasteiger partial charge in [0.25, 0.3) is 0 Å². The molecule has 286 valence electrons. The Balaban J connectivity index is 1.14. The molecule has 1 saturated heterocycles. The van der Waals surface area contributed by atoms with Crippen LogP contribution in [0.15, 0.2) is 63.5 Å². The van der Waals surface area contributed by atoms with Gasteiger partial charge in [0.05, 0.1) is 18.4 Å². The SMILES string of the molecule is N=C1C=CC(C(O)COc2ccc(C3C=C(O)c4c(cc(OC5OC(C(=O)O)C(O)(CC6=NC=NC6)C(O)C5O)c(OC5CCCCC5)c4O)O3)cc2)=N1. The van der Waals surface area contributed by atoms with Gasteiger partial charge < -0.3 is 59.4 Å². The average molecular weight is 749 g/mol. The van der Waals surface area contributed by atoms with E-state index >= 15 is 0 Å². The number of benzene rings is 2. The molecule has 17 nitrogen and oxygen atoms in total. The number of nitrogens with one attached hydrogen (secondary N) is 1. The molecule has 17 heteroatoms. The lowest BCUT2D eigenvalue weighted by Gasteiger charge is -2.46. The van der Waals surface area contributed by atoms with Crippen LogP contribution in [0.5, 0.6) is 28.7 Å². The number of carboxylic acids is 1. The van der Waals surface area contributed by atoms with Gasteiger partial charge in [0.2, 0.25) is 12.0 Å². The van der Waals surface area contributed by atoms with E-state index in [-0.39, 0.29) is 59.4 Å². The Kier molecular flexibility index (Phi) is 10.4. The van der Waals surface area contributed by atoms with Gasteiger partial charge in [-0.1, -0.05) is 18.6 Å². The van der Waals surface area contributed by atoms with E-state index in [1.54, 1.807) is 30.3 Å². The van der Waals surface area contributed by atoms with Crippen molar-refractivity contribution in [1.29, 1.82) is 5.41 Å². The highest BCUT2D eigenvalue weighted by molar-refractivity contribution is 6.15. The lowest BCUT2D eigenvalue weighted by atomic mass is 9.80. The van der Waals surface area contributed by atoms with Gasteiger partial charge in [-0.25, -0.2) is 14.8 Å². The predicted molar refractivity (Wildman–Crippen MR) is 191 cm³/mol. The van der Waals surface area contributed by atoms with Crippen molar-refractivity contribution in [1.82, 2.24) is 0 Å². The number of aliphatic carboxylic acids is 1. The molecule has 7 unspecified atom stereocenters. The summed E-state index contributed by atoms with van der Waals surface area (Å²) in [5, 5.41) is 84.4. The van der Waals surface area contributed by atoms with Crippen LogP contribution in [-0.2, 0) is 9.53 Å². The Morgan fingerprint density at radius 2 is 1.83 bits per heavy atom. The summed E-state index contributed by atoms with van der Waals surface area (Å²) in [7, 11) is 0. The van der Waals surface area contributed by atoms with Gasteiger partial charge in [-0.05, 0) is 55.5 Å². The number of nitrogens with zero attached hydrogens (tertiary/aromatic N) is 3. The Hall–Kier alpha value is -5.33. The van der Waals surface area contributed by atoms with Crippen molar-refractivity contribution in [2.24, 2.45) is 15.0 Å². The Labute approximate surface area is 308 Å². The third-order valence-electron chi connectivity index (χ3n) is 9.85. The normalized spacial score (nSPS) is 28.4. The smallest absolute Gasteiger partial charge is 0.336 e. The maximum atomic E-state index is 12.4. The molecule has 0 spiro atoms. The molecule has 1 saturated carbocycles. The number of rotatable bonds is 12. The van der Waals surface area contributed by atoms with Crippen LogP contribution in [0.25, 0.3) is 5.76 Å². The van der Waals surface area contributed by atoms with Gasteiger partial charge in [-0.15, -0.1) is 0 Å². The molecule has 0 aromatic heterocycles. The average Bonchev–Trinajstić information content (AvgIpc) is 3.84. The van der Waals surface area contributed by atoms with Crippen molar-refractivity contribution in [2.75, 3.05) is 13.2 Å². The zero-order chi connectivity index (χ0) is 38.1. The second-order valence-electron chi connectivity index (χ2n) is 13.6. The van der Waals surface area contributed by atoms with Crippen molar-refractivity contribution in [3.63, 3.8) is 0 Å². The monoisotopic (exact) mass is 748 g/mol. The van der Waals surface area contributed by atoms with E-state index in [1.807, 2.05) is 0 Å². The van der Waals surface area contributed by atoms with Crippen molar-refractivity contribution in [3.05, 3.63) is 59.7 Å². The maximum absolute atomic E-state index is 12.4. The van der Waals surface area contributed by atoms with Crippen molar-refractivity contribution >= 4 is 35.3 Å². The van der Waals surface area contributed by atoms with Crippen LogP contribution in [0.1, 0.15) is 55.8 Å². The largest absolute Gasteiger partial charge is 0.507 e. The molecule has 7 rings (SSSR count). The number of ether oxygens (including phenoxy) is 5. The molecule has 5 aliphatic rings. The van der Waals surface area contributed by atoms with Gasteiger partial charge >= 0.3 is 5.97 Å². The zero-order valence-electron chi connectivity index (χ0n) is 28.8. The molecule has 4 heterocycles. The third kappa shape index (κ3) is 7.40. The van der Waals surface area contributed by atoms with E-state index < -0.39 is 60.6 Å². The quantitative estimate of drug-likeness (QED) is 0.155. The van der Waals surface area contributed by atoms with E-state index in [0.29, 0.717) is 29.9 Å². The van der Waals surface area contributed by atoms with E-state index in [0.717, 1.165) is 19.3 Å². The van der Waals surface area contributed by atoms with Gasteiger partial charge in [0.15, 0.2) is 17.6 Å². The molecular formula is C37H40N4O13. The number of hydrogen-bond acceptors (Lipinski definition) is 15. The van der Waals surface area contributed by atoms with E-state index in [1.165, 1.54) is 24.6 Å². The minimum atomic E-state index is -2.50. The van der Waals surface area contributed by atoms with Gasteiger partial charge in [-0.3, -0.25) is 10.4 Å². The van der Waals surface area contributed by atoms with Gasteiger partial charge in [-0.2, -0.15) is 0 Å². The summed E-state index contributed by atoms with van der Waals surface area (Å²) in [5.74, 6) is -2.59. The number of carboxylic acid groups (broad SMARTS) is 1. The molecule has 2 aromatic carbocycles. The fourth-order valence-corrected chi connectivity index (χ4v) is 7.00. The molecule has 0 radical (unpaired) electrons. The molecular weight excluding hydrogens is 708 g/mol. The number of phenolic OH excluding ortho intramolecular Hbond substituents is 1. The van der Waals surface area contributed by atoms with Crippen molar-refractivity contribution < 1.29 is 64.2 Å². The Morgan fingerprint density at radius 1 is 1.07 bits per heavy atom. The zero-order valence-corrected chi connectivity index (χ0v) is 28.8. The van der Waals surface area contributed by atoms with Crippen molar-refractivity contribution in [2.45, 2.75) is 87.0 Å². The Bertz CT molecular complexity index is 1940. The van der Waals surface area contributed by atoms with Crippen LogP contribution in [0.4, 0.5) is 0 Å². The first-order chi connectivity index (χ1) is 25.9. The van der Waals surface area contributed by atoms with Crippen LogP contribution in [0, 0.1) is 5.41 Å². The third-order valence-corrected chi connectivity index (χ3v) is 9.85. The lowest BCUT2D eigenvalue weighted by Crippen LogP contribution is -2.69. The van der Waals surface area contributed by atoms with Crippen LogP contribution in [-0.4, -0.2) is 121 Å². The predicted octanol–water partition coefficient (Wildman–Crippen LogP) is 2.38. The number of fused-ring (bicyclic) bond motifs is 1. The number of aromatic hydroxyl groups is 1. The molecule has 0 bridgehead atoms. The van der Waals surface area contributed by atoms with Gasteiger partial charge in [0, 0.05) is 24.3 Å². The second-order valence-corrected chi connectivity index (χ2v) is 13.6. The summed E-state index contributed by atoms with van der Waals surface area (Å²) in [5.41, 5.74) is -1.44. The second kappa shape index (κ2) is 15.2. The number of amidine groups is 1. The fourth-order valence-electron chi connectivity index (χ4n) is 7.00. The number of phenols is 1. The summed E-state index contributed by atoms with van der Waals surface area (Å²) in [6.45, 7) is -0.0373. The summed E-state index contributed by atoms with van der Waals surface area (Å²) in [6.07, 6.45) is -1.06. The first-order valence-corrected chi connectivity index (χ1v) is 17.5. The van der Waals surface area contributed by atoms with Crippen molar-refractivity contribution in [3.8, 4) is 28.7 Å². The topological polar surface area (TPSA) is 266 Å². The van der Waals surface area contributed by atoms with Crippen LogP contribution < -0.4 is 18.9 Å². The molecule has 1 aliphatic carbocycles. The van der Waals surface area contributed by atoms with Gasteiger partial charge in [0.1, 0.15) is 71.6 Å². The first-order valence-electron chi connectivity index (χ1n) is 17.5. The highest BCUT2D eigenvalue weighted by Gasteiger charge is 2.59. The molecule has 8 N–H and O–H groups in total. The highest BCUT2D eigenvalue weighted by Crippen LogP contribution is 2.52. The van der Waals surface area contributed by atoms with E-state index in [4.69, 9.17) is 29.1 Å². The summed E-state index contributed by atoms with van der Waals surface area (Å²) >= 11 is 0. The molecule has 4 aliphatic heterocycles. The fraction of sp³-hybridized carbons (Fsp3) is 0.432. The van der Waals surface area contributed by atoms with Crippen LogP contribution >= 0.6 is 0 Å². The minimum absolute atomic E-state index is 0.0410. The lowest BCUT2D eigenvalue weighted by molar-refractivity contribution is -0.303. The number of aliphatic imine (C=N–C) groups is 3. The number of carbonyl (C=O) groups is 1. The summed E-state index contributed by atoms with van der Waals surface area (Å²) in [6, 6.07) is 7.91.